The lowest BCUT2D eigenvalue weighted by atomic mass is 10.1. The van der Waals surface area contributed by atoms with Crippen LogP contribution in [0.15, 0.2) is 30.9 Å². The second-order valence-corrected chi connectivity index (χ2v) is 3.05. The van der Waals surface area contributed by atoms with Gasteiger partial charge in [-0.3, -0.25) is 0 Å². The van der Waals surface area contributed by atoms with Gasteiger partial charge in [0.2, 0.25) is 0 Å². The Labute approximate surface area is 78.2 Å². The molecule has 1 N–H and O–H groups in total. The molecule has 0 bridgehead atoms. The van der Waals surface area contributed by atoms with E-state index < -0.39 is 0 Å². The largest absolute Gasteiger partial charge is 0.493 e. The van der Waals surface area contributed by atoms with E-state index in [2.05, 4.69) is 18.0 Å². The molecule has 0 atom stereocenters. The summed E-state index contributed by atoms with van der Waals surface area (Å²) in [5, 5.41) is 3.30. The van der Waals surface area contributed by atoms with Crippen LogP contribution in [0.3, 0.4) is 0 Å². The minimum Gasteiger partial charge on any atom is -0.493 e. The van der Waals surface area contributed by atoms with E-state index in [0.29, 0.717) is 0 Å². The summed E-state index contributed by atoms with van der Waals surface area (Å²) >= 11 is 0. The molecule has 0 radical (unpaired) electrons. The van der Waals surface area contributed by atoms with Gasteiger partial charge in [-0.05, 0) is 12.1 Å². The summed E-state index contributed by atoms with van der Waals surface area (Å²) in [5.41, 5.74) is 2.47. The molecule has 0 unspecified atom stereocenters. The first-order valence-electron chi connectivity index (χ1n) is 4.51. The Morgan fingerprint density at radius 1 is 1.54 bits per heavy atom. The van der Waals surface area contributed by atoms with Crippen molar-refractivity contribution in [1.29, 1.82) is 0 Å². The fraction of sp³-hybridized carbons (Fsp3) is 0.273. The Morgan fingerprint density at radius 2 is 2.46 bits per heavy atom. The molecule has 0 fully saturated rings. The summed E-state index contributed by atoms with van der Waals surface area (Å²) in [6.07, 6.45) is 2.87. The molecule has 2 rings (SSSR count). The van der Waals surface area contributed by atoms with E-state index in [4.69, 9.17) is 4.74 Å². The van der Waals surface area contributed by atoms with Crippen LogP contribution in [0.5, 0.6) is 5.75 Å². The second-order valence-electron chi connectivity index (χ2n) is 3.05. The molecular formula is C11H13NO. The van der Waals surface area contributed by atoms with Crippen LogP contribution in [0.25, 0.3) is 0 Å². The summed E-state index contributed by atoms with van der Waals surface area (Å²) in [5.74, 6) is 1.02. The van der Waals surface area contributed by atoms with Crippen molar-refractivity contribution < 1.29 is 4.74 Å². The van der Waals surface area contributed by atoms with E-state index in [1.807, 2.05) is 18.2 Å². The minimum absolute atomic E-state index is 0.802. The standard InChI is InChI=1S/C11H13NO/c1-2-7-12-10-4-3-5-11-9(10)6-8-13-11/h2-5,12H,1,6-8H2. The van der Waals surface area contributed by atoms with Crippen LogP contribution in [0, 0.1) is 0 Å². The Morgan fingerprint density at radius 3 is 3.31 bits per heavy atom. The highest BCUT2D eigenvalue weighted by Crippen LogP contribution is 2.31. The Hall–Kier alpha value is -1.44. The Kier molecular flexibility index (Phi) is 2.21. The maximum atomic E-state index is 5.45. The molecule has 0 aromatic heterocycles. The average molecular weight is 175 g/mol. The lowest BCUT2D eigenvalue weighted by Crippen LogP contribution is -2.00. The predicted octanol–water partition coefficient (Wildman–Crippen LogP) is 2.22. The first-order chi connectivity index (χ1) is 6.42. The number of rotatable bonds is 3. The molecule has 2 nitrogen and oxygen atoms in total. The zero-order valence-electron chi connectivity index (χ0n) is 7.55. The summed E-state index contributed by atoms with van der Waals surface area (Å²) in [7, 11) is 0. The Balaban J connectivity index is 2.25. The van der Waals surface area contributed by atoms with Crippen molar-refractivity contribution in [3.63, 3.8) is 0 Å². The van der Waals surface area contributed by atoms with Crippen molar-refractivity contribution >= 4 is 5.69 Å². The highest BCUT2D eigenvalue weighted by molar-refractivity contribution is 5.59. The van der Waals surface area contributed by atoms with Crippen LogP contribution in [0.2, 0.25) is 0 Å². The van der Waals surface area contributed by atoms with Crippen molar-refractivity contribution in [2.24, 2.45) is 0 Å². The normalized spacial score (nSPS) is 13.2. The number of nitrogens with one attached hydrogen (secondary N) is 1. The van der Waals surface area contributed by atoms with Gasteiger partial charge >= 0.3 is 0 Å². The van der Waals surface area contributed by atoms with Crippen LogP contribution >= 0.6 is 0 Å². The number of ether oxygens (including phenoxy) is 1. The van der Waals surface area contributed by atoms with Crippen LogP contribution in [0.4, 0.5) is 5.69 Å². The SMILES string of the molecule is C=CCNc1cccc2c1CCO2. The van der Waals surface area contributed by atoms with Crippen molar-refractivity contribution in [1.82, 2.24) is 0 Å². The molecule has 0 saturated heterocycles. The Bertz CT molecular complexity index is 320. The zero-order valence-corrected chi connectivity index (χ0v) is 7.55. The van der Waals surface area contributed by atoms with Gasteiger partial charge in [0.1, 0.15) is 5.75 Å². The molecule has 1 aliphatic rings. The van der Waals surface area contributed by atoms with Gasteiger partial charge < -0.3 is 10.1 Å². The molecule has 1 aliphatic heterocycles. The predicted molar refractivity (Wildman–Crippen MR) is 54.3 cm³/mol. The smallest absolute Gasteiger partial charge is 0.124 e. The maximum absolute atomic E-state index is 5.45. The molecule has 1 aromatic carbocycles. The van der Waals surface area contributed by atoms with Gasteiger partial charge in [0.25, 0.3) is 0 Å². The second kappa shape index (κ2) is 3.52. The number of fused-ring (bicyclic) bond motifs is 1. The van der Waals surface area contributed by atoms with Gasteiger partial charge in [0, 0.05) is 24.2 Å². The molecular weight excluding hydrogens is 162 g/mol. The third-order valence-electron chi connectivity index (χ3n) is 2.18. The molecule has 0 amide bonds. The van der Waals surface area contributed by atoms with Crippen molar-refractivity contribution in [2.75, 3.05) is 18.5 Å². The number of anilines is 1. The lowest BCUT2D eigenvalue weighted by molar-refractivity contribution is 0.357. The number of hydrogen-bond donors (Lipinski definition) is 1. The maximum Gasteiger partial charge on any atom is 0.124 e. The molecule has 68 valence electrons. The highest BCUT2D eigenvalue weighted by Gasteiger charge is 2.14. The third kappa shape index (κ3) is 1.52. The molecule has 0 spiro atoms. The summed E-state index contributed by atoms with van der Waals surface area (Å²) in [6.45, 7) is 5.29. The van der Waals surface area contributed by atoms with Crippen LogP contribution < -0.4 is 10.1 Å². The van der Waals surface area contributed by atoms with E-state index in [1.165, 1.54) is 11.3 Å². The summed E-state index contributed by atoms with van der Waals surface area (Å²) in [4.78, 5) is 0. The first kappa shape index (κ1) is 8.17. The van der Waals surface area contributed by atoms with E-state index in [0.717, 1.165) is 25.3 Å². The first-order valence-corrected chi connectivity index (χ1v) is 4.51. The van der Waals surface area contributed by atoms with Crippen molar-refractivity contribution in [2.45, 2.75) is 6.42 Å². The molecule has 0 aliphatic carbocycles. The van der Waals surface area contributed by atoms with Crippen LogP contribution in [0.1, 0.15) is 5.56 Å². The highest BCUT2D eigenvalue weighted by atomic mass is 16.5. The third-order valence-corrected chi connectivity index (χ3v) is 2.18. The van der Waals surface area contributed by atoms with E-state index in [1.54, 1.807) is 0 Å². The van der Waals surface area contributed by atoms with Crippen molar-refractivity contribution in [3.8, 4) is 5.75 Å². The number of benzene rings is 1. The van der Waals surface area contributed by atoms with Gasteiger partial charge in [0.15, 0.2) is 0 Å². The molecule has 2 heteroatoms. The lowest BCUT2D eigenvalue weighted by Gasteiger charge is -2.07. The molecule has 0 saturated carbocycles. The minimum atomic E-state index is 0.802. The van der Waals surface area contributed by atoms with E-state index in [-0.39, 0.29) is 0 Å². The van der Waals surface area contributed by atoms with Crippen LogP contribution in [-0.2, 0) is 6.42 Å². The molecule has 13 heavy (non-hydrogen) atoms. The zero-order chi connectivity index (χ0) is 9.10. The van der Waals surface area contributed by atoms with Gasteiger partial charge in [0.05, 0.1) is 6.61 Å². The summed E-state index contributed by atoms with van der Waals surface area (Å²) < 4.78 is 5.45. The van der Waals surface area contributed by atoms with E-state index in [9.17, 15) is 0 Å². The van der Waals surface area contributed by atoms with Gasteiger partial charge in [-0.1, -0.05) is 12.1 Å². The van der Waals surface area contributed by atoms with E-state index >= 15 is 0 Å². The summed E-state index contributed by atoms with van der Waals surface area (Å²) in [6, 6.07) is 6.11. The van der Waals surface area contributed by atoms with Gasteiger partial charge in [-0.2, -0.15) is 0 Å². The molecule has 1 aromatic rings. The monoisotopic (exact) mass is 175 g/mol. The topological polar surface area (TPSA) is 21.3 Å². The van der Waals surface area contributed by atoms with Crippen LogP contribution in [-0.4, -0.2) is 13.2 Å². The fourth-order valence-electron chi connectivity index (χ4n) is 1.57. The average Bonchev–Trinajstić information content (AvgIpc) is 2.62. The number of hydrogen-bond acceptors (Lipinski definition) is 2. The fourth-order valence-corrected chi connectivity index (χ4v) is 1.57. The van der Waals surface area contributed by atoms with Crippen molar-refractivity contribution in [3.05, 3.63) is 36.4 Å². The quantitative estimate of drug-likeness (QED) is 0.711. The van der Waals surface area contributed by atoms with Gasteiger partial charge in [-0.15, -0.1) is 6.58 Å². The molecule has 1 heterocycles. The van der Waals surface area contributed by atoms with Gasteiger partial charge in [-0.25, -0.2) is 0 Å².